The van der Waals surface area contributed by atoms with Crippen molar-refractivity contribution >= 4 is 34.2 Å². The highest BCUT2D eigenvalue weighted by atomic mass is 32.2. The van der Waals surface area contributed by atoms with Gasteiger partial charge in [-0.05, 0) is 62.3 Å². The smallest absolute Gasteiger partial charge is 0.230 e. The molecule has 1 amide bonds. The number of benzene rings is 1. The summed E-state index contributed by atoms with van der Waals surface area (Å²) in [6.45, 7) is 4.35. The summed E-state index contributed by atoms with van der Waals surface area (Å²) >= 11 is 1.42. The molecule has 1 aromatic carbocycles. The fourth-order valence-corrected chi connectivity index (χ4v) is 4.69. The van der Waals surface area contributed by atoms with E-state index in [1.807, 2.05) is 28.7 Å². The molecule has 1 aliphatic rings. The fourth-order valence-electron chi connectivity index (χ4n) is 3.93. The summed E-state index contributed by atoms with van der Waals surface area (Å²) in [6.07, 6.45) is 4.55. The van der Waals surface area contributed by atoms with Gasteiger partial charge < -0.3 is 10.1 Å². The molecule has 28 heavy (non-hydrogen) atoms. The third-order valence-electron chi connectivity index (χ3n) is 5.59. The Morgan fingerprint density at radius 2 is 2.04 bits per heavy atom. The van der Waals surface area contributed by atoms with Gasteiger partial charge in [0.1, 0.15) is 5.75 Å². The molecule has 4 rings (SSSR count). The van der Waals surface area contributed by atoms with Gasteiger partial charge in [0, 0.05) is 17.5 Å². The highest BCUT2D eigenvalue weighted by Gasteiger charge is 2.20. The van der Waals surface area contributed by atoms with Gasteiger partial charge in [-0.15, -0.1) is 10.2 Å². The number of amides is 1. The molecule has 0 bridgehead atoms. The van der Waals surface area contributed by atoms with Crippen LogP contribution in [0, 0.1) is 12.8 Å². The summed E-state index contributed by atoms with van der Waals surface area (Å²) < 4.78 is 7.40. The summed E-state index contributed by atoms with van der Waals surface area (Å²) in [7, 11) is 1.66. The van der Waals surface area contributed by atoms with Crippen molar-refractivity contribution in [3.05, 3.63) is 29.8 Å². The lowest BCUT2D eigenvalue weighted by Crippen LogP contribution is -2.38. The van der Waals surface area contributed by atoms with Crippen molar-refractivity contribution in [2.24, 2.45) is 5.92 Å². The molecule has 0 aliphatic heterocycles. The number of carbonyl (C=O) groups excluding carboxylic acids is 1. The molecule has 0 saturated heterocycles. The quantitative estimate of drug-likeness (QED) is 0.658. The second-order valence-electron chi connectivity index (χ2n) is 7.70. The first-order chi connectivity index (χ1) is 13.5. The van der Waals surface area contributed by atoms with E-state index in [2.05, 4.69) is 29.4 Å². The first-order valence-corrected chi connectivity index (χ1v) is 10.8. The van der Waals surface area contributed by atoms with Crippen molar-refractivity contribution in [1.82, 2.24) is 19.9 Å². The van der Waals surface area contributed by atoms with Crippen molar-refractivity contribution in [2.75, 3.05) is 12.9 Å². The van der Waals surface area contributed by atoms with Gasteiger partial charge >= 0.3 is 0 Å². The molecule has 1 N–H and O–H groups in total. The van der Waals surface area contributed by atoms with E-state index >= 15 is 0 Å². The van der Waals surface area contributed by atoms with Crippen molar-refractivity contribution in [1.29, 1.82) is 0 Å². The second-order valence-corrected chi connectivity index (χ2v) is 8.64. The van der Waals surface area contributed by atoms with Gasteiger partial charge in [0.25, 0.3) is 0 Å². The Bertz CT molecular complexity index is 1010. The lowest BCUT2D eigenvalue weighted by molar-refractivity contribution is -0.119. The van der Waals surface area contributed by atoms with Crippen LogP contribution < -0.4 is 10.1 Å². The molecule has 6 nitrogen and oxygen atoms in total. The third kappa shape index (κ3) is 3.81. The molecule has 0 spiro atoms. The number of thioether (sulfide) groups is 1. The number of carbonyl (C=O) groups is 1. The van der Waals surface area contributed by atoms with E-state index in [1.165, 1.54) is 24.6 Å². The van der Waals surface area contributed by atoms with E-state index in [-0.39, 0.29) is 5.91 Å². The Balaban J connectivity index is 1.54. The minimum absolute atomic E-state index is 0.0651. The molecular weight excluding hydrogens is 372 g/mol. The number of ether oxygens (including phenoxy) is 1. The molecule has 7 heteroatoms. The summed E-state index contributed by atoms with van der Waals surface area (Å²) in [5, 5.41) is 13.7. The van der Waals surface area contributed by atoms with Crippen LogP contribution in [-0.4, -0.2) is 39.4 Å². The maximum Gasteiger partial charge on any atom is 0.230 e. The van der Waals surface area contributed by atoms with Crippen molar-refractivity contribution in [2.45, 2.75) is 50.7 Å². The molecule has 2 aromatic heterocycles. The molecule has 0 atom stereocenters. The van der Waals surface area contributed by atoms with E-state index in [1.54, 1.807) is 7.11 Å². The number of nitrogens with one attached hydrogen (secondary N) is 1. The Morgan fingerprint density at radius 3 is 2.79 bits per heavy atom. The number of hydrogen-bond donors (Lipinski definition) is 1. The van der Waals surface area contributed by atoms with Crippen LogP contribution in [-0.2, 0) is 4.79 Å². The third-order valence-corrected chi connectivity index (χ3v) is 6.52. The van der Waals surface area contributed by atoms with E-state index < -0.39 is 0 Å². The summed E-state index contributed by atoms with van der Waals surface area (Å²) in [6, 6.07) is 8.33. The number of rotatable bonds is 5. The Morgan fingerprint density at radius 1 is 1.25 bits per heavy atom. The number of aryl methyl sites for hydroxylation is 1. The molecule has 1 saturated carbocycles. The summed E-state index contributed by atoms with van der Waals surface area (Å²) in [5.74, 6) is 1.97. The van der Waals surface area contributed by atoms with Crippen LogP contribution in [0.1, 0.15) is 38.2 Å². The Kier molecular flexibility index (Phi) is 5.44. The normalized spacial score (nSPS) is 19.8. The maximum atomic E-state index is 12.4. The predicted molar refractivity (Wildman–Crippen MR) is 112 cm³/mol. The molecular formula is C21H26N4O2S. The SMILES string of the molecule is COc1ccc2c(C)cc3nnc(SCC(=O)NC4CCC(C)CC4)n3c2c1. The van der Waals surface area contributed by atoms with E-state index in [4.69, 9.17) is 4.74 Å². The first-order valence-electron chi connectivity index (χ1n) is 9.80. The fraction of sp³-hybridized carbons (Fsp3) is 0.476. The van der Waals surface area contributed by atoms with Gasteiger partial charge in [-0.3, -0.25) is 9.20 Å². The highest BCUT2D eigenvalue weighted by molar-refractivity contribution is 7.99. The largest absolute Gasteiger partial charge is 0.497 e. The number of hydrogen-bond acceptors (Lipinski definition) is 5. The molecule has 148 valence electrons. The van der Waals surface area contributed by atoms with Gasteiger partial charge in [0.05, 0.1) is 18.4 Å². The number of methoxy groups -OCH3 is 1. The average molecular weight is 399 g/mol. The Labute approximate surface area is 169 Å². The highest BCUT2D eigenvalue weighted by Crippen LogP contribution is 2.29. The number of nitrogens with zero attached hydrogens (tertiary/aromatic N) is 3. The van der Waals surface area contributed by atoms with E-state index in [9.17, 15) is 4.79 Å². The van der Waals surface area contributed by atoms with E-state index in [0.717, 1.165) is 51.8 Å². The zero-order valence-corrected chi connectivity index (χ0v) is 17.4. The van der Waals surface area contributed by atoms with Gasteiger partial charge in [-0.1, -0.05) is 18.7 Å². The van der Waals surface area contributed by atoms with Crippen LogP contribution in [0.3, 0.4) is 0 Å². The van der Waals surface area contributed by atoms with Gasteiger partial charge in [-0.2, -0.15) is 0 Å². The predicted octanol–water partition coefficient (Wildman–Crippen LogP) is 3.99. The van der Waals surface area contributed by atoms with Crippen LogP contribution in [0.15, 0.2) is 29.4 Å². The monoisotopic (exact) mass is 398 g/mol. The molecule has 0 radical (unpaired) electrons. The first kappa shape index (κ1) is 19.1. The molecule has 2 heterocycles. The molecule has 1 fully saturated rings. The molecule has 1 aliphatic carbocycles. The van der Waals surface area contributed by atoms with Crippen molar-refractivity contribution < 1.29 is 9.53 Å². The van der Waals surface area contributed by atoms with Gasteiger partial charge in [0.15, 0.2) is 10.8 Å². The standard InChI is InChI=1S/C21H26N4O2S/c1-13-4-6-15(7-5-13)22-20(26)12-28-21-24-23-19-10-14(2)17-9-8-16(27-3)11-18(17)25(19)21/h8-11,13,15H,4-7,12H2,1-3H3,(H,22,26). The zero-order chi connectivity index (χ0) is 19.7. The van der Waals surface area contributed by atoms with Crippen molar-refractivity contribution in [3.8, 4) is 5.75 Å². The van der Waals surface area contributed by atoms with Crippen LogP contribution in [0.2, 0.25) is 0 Å². The average Bonchev–Trinajstić information content (AvgIpc) is 3.11. The van der Waals surface area contributed by atoms with Gasteiger partial charge in [-0.25, -0.2) is 0 Å². The van der Waals surface area contributed by atoms with Crippen LogP contribution >= 0.6 is 11.8 Å². The topological polar surface area (TPSA) is 68.5 Å². The maximum absolute atomic E-state index is 12.4. The van der Waals surface area contributed by atoms with Crippen molar-refractivity contribution in [3.63, 3.8) is 0 Å². The van der Waals surface area contributed by atoms with Crippen LogP contribution in [0.25, 0.3) is 16.6 Å². The summed E-state index contributed by atoms with van der Waals surface area (Å²) in [5.41, 5.74) is 2.91. The molecule has 3 aromatic rings. The number of aromatic nitrogens is 3. The number of pyridine rings is 1. The Hall–Kier alpha value is -2.28. The summed E-state index contributed by atoms with van der Waals surface area (Å²) in [4.78, 5) is 12.4. The minimum Gasteiger partial charge on any atom is -0.497 e. The van der Waals surface area contributed by atoms with Gasteiger partial charge in [0.2, 0.25) is 5.91 Å². The van der Waals surface area contributed by atoms with Crippen LogP contribution in [0.5, 0.6) is 5.75 Å². The molecule has 0 unspecified atom stereocenters. The minimum atomic E-state index is 0.0651. The second kappa shape index (κ2) is 7.99. The lowest BCUT2D eigenvalue weighted by atomic mass is 9.87. The zero-order valence-electron chi connectivity index (χ0n) is 16.6. The number of fused-ring (bicyclic) bond motifs is 3. The van der Waals surface area contributed by atoms with Crippen LogP contribution in [0.4, 0.5) is 0 Å². The van der Waals surface area contributed by atoms with E-state index in [0.29, 0.717) is 11.8 Å². The lowest BCUT2D eigenvalue weighted by Gasteiger charge is -2.26.